The van der Waals surface area contributed by atoms with Gasteiger partial charge in [-0.25, -0.2) is 4.79 Å². The fourth-order valence-electron chi connectivity index (χ4n) is 2.09. The van der Waals surface area contributed by atoms with Crippen molar-refractivity contribution >= 4 is 46.8 Å². The van der Waals surface area contributed by atoms with Gasteiger partial charge >= 0.3 is 5.97 Å². The number of rotatable bonds is 5. The molecule has 1 aliphatic heterocycles. The summed E-state index contributed by atoms with van der Waals surface area (Å²) in [5.74, 6) is -0.920. The smallest absolute Gasteiger partial charge is 0.333 e. The minimum Gasteiger partial charge on any atom is -0.463 e. The highest BCUT2D eigenvalue weighted by Gasteiger charge is 2.29. The second-order valence-corrected chi connectivity index (χ2v) is 6.44. The maximum atomic E-state index is 12.2. The summed E-state index contributed by atoms with van der Waals surface area (Å²) in [5, 5.41) is 3.74. The Kier molecular flexibility index (Phi) is 6.28. The molecule has 0 unspecified atom stereocenters. The van der Waals surface area contributed by atoms with Gasteiger partial charge in [0.15, 0.2) is 0 Å². The zero-order chi connectivity index (χ0) is 17.7. The first-order chi connectivity index (χ1) is 11.4. The molecule has 1 aliphatic rings. The molecule has 0 radical (unpaired) electrons. The van der Waals surface area contributed by atoms with Crippen molar-refractivity contribution in [3.05, 3.63) is 39.9 Å². The summed E-state index contributed by atoms with van der Waals surface area (Å²) >= 11 is 7.09. The van der Waals surface area contributed by atoms with E-state index in [1.165, 1.54) is 22.7 Å². The third kappa shape index (κ3) is 4.75. The Hall–Kier alpha value is -1.99. The number of hydrogen-bond donors (Lipinski definition) is 1. The van der Waals surface area contributed by atoms with Crippen molar-refractivity contribution in [1.29, 1.82) is 0 Å². The van der Waals surface area contributed by atoms with Gasteiger partial charge < -0.3 is 10.1 Å². The summed E-state index contributed by atoms with van der Waals surface area (Å²) in [6.07, 6.45) is 1.24. The Bertz CT molecular complexity index is 705. The Morgan fingerprint density at radius 3 is 2.88 bits per heavy atom. The van der Waals surface area contributed by atoms with E-state index in [2.05, 4.69) is 5.32 Å². The molecular formula is C16H17ClN2O4S. The topological polar surface area (TPSA) is 75.7 Å². The van der Waals surface area contributed by atoms with E-state index in [0.717, 1.165) is 5.56 Å². The number of nitrogens with one attached hydrogen (secondary N) is 1. The molecule has 1 saturated heterocycles. The summed E-state index contributed by atoms with van der Waals surface area (Å²) in [4.78, 5) is 37.0. The average Bonchev–Trinajstić information content (AvgIpc) is 2.83. The SMILES string of the molecule is CCOC(=O)/C=C1\SCC(=O)N1CC(=O)Nc1ccc(Cl)cc1C. The van der Waals surface area contributed by atoms with Crippen LogP contribution in [0.25, 0.3) is 0 Å². The fourth-order valence-corrected chi connectivity index (χ4v) is 3.24. The normalized spacial score (nSPS) is 15.7. The molecule has 24 heavy (non-hydrogen) atoms. The summed E-state index contributed by atoms with van der Waals surface area (Å²) in [7, 11) is 0. The van der Waals surface area contributed by atoms with Gasteiger partial charge in [-0.2, -0.15) is 0 Å². The highest BCUT2D eigenvalue weighted by molar-refractivity contribution is 8.04. The van der Waals surface area contributed by atoms with Crippen molar-refractivity contribution in [1.82, 2.24) is 4.90 Å². The number of thioether (sulfide) groups is 1. The molecule has 1 aromatic rings. The van der Waals surface area contributed by atoms with Gasteiger partial charge in [0, 0.05) is 10.7 Å². The third-order valence-corrected chi connectivity index (χ3v) is 4.46. The third-order valence-electron chi connectivity index (χ3n) is 3.20. The number of carbonyl (C=O) groups is 3. The van der Waals surface area contributed by atoms with E-state index in [4.69, 9.17) is 16.3 Å². The number of hydrogen-bond acceptors (Lipinski definition) is 5. The second kappa shape index (κ2) is 8.21. The van der Waals surface area contributed by atoms with Gasteiger partial charge in [0.2, 0.25) is 11.8 Å². The van der Waals surface area contributed by atoms with Crippen molar-refractivity contribution in [3.8, 4) is 0 Å². The lowest BCUT2D eigenvalue weighted by molar-refractivity contribution is -0.137. The molecule has 2 amide bonds. The van der Waals surface area contributed by atoms with Crippen LogP contribution in [0.2, 0.25) is 5.02 Å². The number of amides is 2. The first-order valence-electron chi connectivity index (χ1n) is 7.28. The summed E-state index contributed by atoms with van der Waals surface area (Å²) in [5.41, 5.74) is 1.44. The number of ether oxygens (including phenoxy) is 1. The van der Waals surface area contributed by atoms with Crippen molar-refractivity contribution in [2.45, 2.75) is 13.8 Å². The van der Waals surface area contributed by atoms with Gasteiger partial charge in [0.05, 0.1) is 23.5 Å². The number of esters is 1. The standard InChI is InChI=1S/C16H17ClN2O4S/c1-3-23-16(22)7-15-19(14(21)9-24-15)8-13(20)18-12-5-4-11(17)6-10(12)2/h4-7H,3,8-9H2,1-2H3,(H,18,20)/b15-7-. The molecular weight excluding hydrogens is 352 g/mol. The lowest BCUT2D eigenvalue weighted by Gasteiger charge is -2.17. The van der Waals surface area contributed by atoms with Gasteiger partial charge in [0.1, 0.15) is 6.54 Å². The second-order valence-electron chi connectivity index (χ2n) is 5.01. The molecule has 0 bridgehead atoms. The Morgan fingerprint density at radius 1 is 1.46 bits per heavy atom. The molecule has 1 heterocycles. The number of benzene rings is 1. The minimum atomic E-state index is -0.534. The monoisotopic (exact) mass is 368 g/mol. The predicted molar refractivity (Wildman–Crippen MR) is 93.7 cm³/mol. The molecule has 0 aliphatic carbocycles. The van der Waals surface area contributed by atoms with E-state index in [-0.39, 0.29) is 30.7 Å². The molecule has 0 aromatic heterocycles. The van der Waals surface area contributed by atoms with E-state index < -0.39 is 5.97 Å². The van der Waals surface area contributed by atoms with Crippen LogP contribution in [-0.2, 0) is 19.1 Å². The predicted octanol–water partition coefficient (Wildman–Crippen LogP) is 2.57. The molecule has 128 valence electrons. The Labute approximate surface area is 149 Å². The van der Waals surface area contributed by atoms with Gasteiger partial charge in [0.25, 0.3) is 0 Å². The van der Waals surface area contributed by atoms with Gasteiger partial charge in [-0.15, -0.1) is 0 Å². The van der Waals surface area contributed by atoms with E-state index >= 15 is 0 Å². The zero-order valence-corrected chi connectivity index (χ0v) is 14.9. The van der Waals surface area contributed by atoms with Crippen molar-refractivity contribution < 1.29 is 19.1 Å². The number of nitrogens with zero attached hydrogens (tertiary/aromatic N) is 1. The number of carbonyl (C=O) groups excluding carboxylic acids is 3. The lowest BCUT2D eigenvalue weighted by Crippen LogP contribution is -2.34. The van der Waals surface area contributed by atoms with Crippen LogP contribution in [0.15, 0.2) is 29.3 Å². The highest BCUT2D eigenvalue weighted by Crippen LogP contribution is 2.28. The van der Waals surface area contributed by atoms with Gasteiger partial charge in [-0.05, 0) is 37.6 Å². The fraction of sp³-hybridized carbons (Fsp3) is 0.312. The van der Waals surface area contributed by atoms with E-state index in [9.17, 15) is 14.4 Å². The van der Waals surface area contributed by atoms with Crippen LogP contribution in [-0.4, -0.2) is 41.6 Å². The van der Waals surface area contributed by atoms with Crippen LogP contribution >= 0.6 is 23.4 Å². The molecule has 1 fully saturated rings. The van der Waals surface area contributed by atoms with Crippen LogP contribution in [0, 0.1) is 6.92 Å². The Morgan fingerprint density at radius 2 is 2.21 bits per heavy atom. The molecule has 6 nitrogen and oxygen atoms in total. The average molecular weight is 369 g/mol. The van der Waals surface area contributed by atoms with Crippen molar-refractivity contribution in [3.63, 3.8) is 0 Å². The van der Waals surface area contributed by atoms with Gasteiger partial charge in [-0.3, -0.25) is 14.5 Å². The largest absolute Gasteiger partial charge is 0.463 e. The van der Waals surface area contributed by atoms with Crippen molar-refractivity contribution in [2.24, 2.45) is 0 Å². The molecule has 1 N–H and O–H groups in total. The van der Waals surface area contributed by atoms with E-state index in [0.29, 0.717) is 15.7 Å². The van der Waals surface area contributed by atoms with Crippen LogP contribution in [0.1, 0.15) is 12.5 Å². The molecule has 1 aromatic carbocycles. The van der Waals surface area contributed by atoms with Crippen LogP contribution in [0.4, 0.5) is 5.69 Å². The quantitative estimate of drug-likeness (QED) is 0.638. The summed E-state index contributed by atoms with van der Waals surface area (Å²) in [6.45, 7) is 3.60. The first kappa shape index (κ1) is 18.4. The molecule has 8 heteroatoms. The van der Waals surface area contributed by atoms with E-state index in [1.54, 1.807) is 25.1 Å². The maximum absolute atomic E-state index is 12.2. The maximum Gasteiger partial charge on any atom is 0.333 e. The van der Waals surface area contributed by atoms with Crippen LogP contribution in [0.3, 0.4) is 0 Å². The molecule has 0 saturated carbocycles. The number of halogens is 1. The van der Waals surface area contributed by atoms with Gasteiger partial charge in [-0.1, -0.05) is 23.4 Å². The zero-order valence-electron chi connectivity index (χ0n) is 13.3. The Balaban J connectivity index is 2.05. The van der Waals surface area contributed by atoms with Crippen molar-refractivity contribution in [2.75, 3.05) is 24.2 Å². The van der Waals surface area contributed by atoms with E-state index in [1.807, 2.05) is 6.92 Å². The number of aryl methyl sites for hydroxylation is 1. The summed E-state index contributed by atoms with van der Waals surface area (Å²) in [6, 6.07) is 5.11. The van der Waals surface area contributed by atoms with Crippen LogP contribution in [0.5, 0.6) is 0 Å². The summed E-state index contributed by atoms with van der Waals surface area (Å²) < 4.78 is 4.84. The lowest BCUT2D eigenvalue weighted by atomic mass is 10.2. The first-order valence-corrected chi connectivity index (χ1v) is 8.64. The molecule has 2 rings (SSSR count). The molecule has 0 spiro atoms. The van der Waals surface area contributed by atoms with Crippen LogP contribution < -0.4 is 5.32 Å². The highest BCUT2D eigenvalue weighted by atomic mass is 35.5. The number of anilines is 1. The minimum absolute atomic E-state index is 0.168. The molecule has 0 atom stereocenters.